The number of ether oxygens (including phenoxy) is 1. The highest BCUT2D eigenvalue weighted by Crippen LogP contribution is 2.45. The Kier molecular flexibility index (Phi) is 11.5. The topological polar surface area (TPSA) is 157 Å². The normalized spacial score (nSPS) is 22.8. The van der Waals surface area contributed by atoms with Gasteiger partial charge in [0.25, 0.3) is 5.91 Å². The van der Waals surface area contributed by atoms with Gasteiger partial charge in [-0.05, 0) is 43.0 Å². The molecule has 4 atom stereocenters. The number of benzene rings is 2. The molecule has 2 aliphatic heterocycles. The van der Waals surface area contributed by atoms with Crippen LogP contribution in [0.4, 0.5) is 14.9 Å². The number of unbranched alkanes of at least 4 members (excludes halogenated alkanes) is 3. The van der Waals surface area contributed by atoms with Gasteiger partial charge in [-0.2, -0.15) is 12.7 Å². The van der Waals surface area contributed by atoms with Crippen LogP contribution < -0.4 is 15.4 Å². The van der Waals surface area contributed by atoms with Crippen molar-refractivity contribution in [1.82, 2.24) is 24.1 Å². The summed E-state index contributed by atoms with van der Waals surface area (Å²) in [7, 11) is -1.60. The first-order valence-electron chi connectivity index (χ1n) is 16.9. The smallest absolute Gasteiger partial charge is 0.410 e. The minimum Gasteiger partial charge on any atom is -0.444 e. The fraction of sp³-hybridized carbons (Fsp3) is 0.486. The Morgan fingerprint density at radius 2 is 1.84 bits per heavy atom. The summed E-state index contributed by atoms with van der Waals surface area (Å²) in [6.45, 7) is 2.02. The zero-order valence-corrected chi connectivity index (χ0v) is 29.4. The maximum absolute atomic E-state index is 14.3. The fourth-order valence-corrected chi connectivity index (χ4v) is 6.93. The van der Waals surface area contributed by atoms with Crippen LogP contribution in [0.3, 0.4) is 0 Å². The number of amides is 4. The Balaban J connectivity index is 0.00000324. The van der Waals surface area contributed by atoms with Crippen molar-refractivity contribution < 1.29 is 41.0 Å². The number of nitrogens with one attached hydrogen (secondary N) is 3. The SMILES string of the molecule is CCCCC/C=C\[C@@H]1C[C@]1(NC(=O)[C@@H]1C[C@@H](OC(=O)N2Cc3cccc(F)c3C2)CN1C(=O)CNc1ccccc1)C(=O)NS(=O)(=O)N(C)C.[HH].[HH].[HH]. The van der Waals surface area contributed by atoms with Crippen molar-refractivity contribution in [3.63, 3.8) is 0 Å². The van der Waals surface area contributed by atoms with E-state index in [9.17, 15) is 32.0 Å². The number of carbonyl (C=O) groups is 4. The molecule has 1 aliphatic carbocycles. The minimum absolute atomic E-state index is 0. The molecule has 1 saturated heterocycles. The molecule has 2 fully saturated rings. The molecular formula is C35H51FN6O7S. The fourth-order valence-electron chi connectivity index (χ4n) is 6.33. The van der Waals surface area contributed by atoms with Crippen molar-refractivity contribution in [2.75, 3.05) is 32.5 Å². The number of halogens is 1. The molecule has 4 amide bonds. The molecule has 0 radical (unpaired) electrons. The monoisotopic (exact) mass is 718 g/mol. The molecule has 0 bridgehead atoms. The van der Waals surface area contributed by atoms with E-state index in [1.165, 1.54) is 30.0 Å². The van der Waals surface area contributed by atoms with Crippen molar-refractivity contribution in [2.24, 2.45) is 5.92 Å². The number of carbonyl (C=O) groups excluding carboxylic acids is 4. The first-order valence-corrected chi connectivity index (χ1v) is 18.3. The summed E-state index contributed by atoms with van der Waals surface area (Å²) in [6, 6.07) is 12.5. The van der Waals surface area contributed by atoms with Crippen LogP contribution in [-0.4, -0.2) is 91.2 Å². The van der Waals surface area contributed by atoms with Crippen molar-refractivity contribution in [3.05, 3.63) is 77.6 Å². The van der Waals surface area contributed by atoms with E-state index in [0.717, 1.165) is 30.0 Å². The first kappa shape index (κ1) is 36.8. The lowest BCUT2D eigenvalue weighted by Gasteiger charge is -2.27. The Morgan fingerprint density at radius 3 is 2.54 bits per heavy atom. The third-order valence-corrected chi connectivity index (χ3v) is 10.8. The second kappa shape index (κ2) is 15.6. The number of fused-ring (bicyclic) bond motifs is 1. The van der Waals surface area contributed by atoms with Gasteiger partial charge in [0.05, 0.1) is 19.6 Å². The van der Waals surface area contributed by atoms with Gasteiger partial charge in [0.1, 0.15) is 23.5 Å². The number of hydrogen-bond acceptors (Lipinski definition) is 8. The van der Waals surface area contributed by atoms with Crippen LogP contribution in [0.5, 0.6) is 0 Å². The number of likely N-dealkylation sites (tertiary alicyclic amines) is 1. The molecule has 1 saturated carbocycles. The van der Waals surface area contributed by atoms with Crippen LogP contribution in [0.15, 0.2) is 60.7 Å². The van der Waals surface area contributed by atoms with E-state index in [0.29, 0.717) is 16.8 Å². The summed E-state index contributed by atoms with van der Waals surface area (Å²) in [5, 5.41) is 5.82. The number of nitrogens with zero attached hydrogens (tertiary/aromatic N) is 3. The van der Waals surface area contributed by atoms with Gasteiger partial charge >= 0.3 is 16.3 Å². The van der Waals surface area contributed by atoms with Crippen molar-refractivity contribution in [3.8, 4) is 0 Å². The Hall–Kier alpha value is -4.50. The van der Waals surface area contributed by atoms with E-state index < -0.39 is 63.4 Å². The molecule has 2 aromatic rings. The Labute approximate surface area is 296 Å². The van der Waals surface area contributed by atoms with Crippen LogP contribution in [-0.2, 0) is 42.4 Å². The summed E-state index contributed by atoms with van der Waals surface area (Å²) < 4.78 is 48.2. The number of para-hydroxylation sites is 1. The van der Waals surface area contributed by atoms with E-state index in [-0.39, 0.29) is 43.3 Å². The molecule has 0 spiro atoms. The third kappa shape index (κ3) is 8.44. The molecule has 15 heteroatoms. The number of allylic oxidation sites excluding steroid dienone is 1. The zero-order valence-electron chi connectivity index (χ0n) is 28.6. The molecule has 0 aromatic heterocycles. The van der Waals surface area contributed by atoms with Crippen molar-refractivity contribution >= 4 is 39.7 Å². The van der Waals surface area contributed by atoms with Gasteiger partial charge in [-0.1, -0.05) is 62.2 Å². The molecule has 3 N–H and O–H groups in total. The second-order valence-electron chi connectivity index (χ2n) is 13.2. The lowest BCUT2D eigenvalue weighted by atomic mass is 10.1. The lowest BCUT2D eigenvalue weighted by molar-refractivity contribution is -0.138. The average molecular weight is 719 g/mol. The minimum atomic E-state index is -4.16. The predicted molar refractivity (Wildman–Crippen MR) is 190 cm³/mol. The highest BCUT2D eigenvalue weighted by molar-refractivity contribution is 7.87. The van der Waals surface area contributed by atoms with Crippen LogP contribution in [0, 0.1) is 11.7 Å². The van der Waals surface area contributed by atoms with Crippen LogP contribution in [0.25, 0.3) is 0 Å². The highest BCUT2D eigenvalue weighted by atomic mass is 32.2. The zero-order chi connectivity index (χ0) is 36.1. The number of rotatable bonds is 14. The van der Waals surface area contributed by atoms with Gasteiger partial charge in [-0.3, -0.25) is 19.3 Å². The van der Waals surface area contributed by atoms with Crippen LogP contribution in [0.1, 0.15) is 60.9 Å². The molecule has 13 nitrogen and oxygen atoms in total. The van der Waals surface area contributed by atoms with E-state index >= 15 is 0 Å². The van der Waals surface area contributed by atoms with E-state index in [4.69, 9.17) is 4.74 Å². The van der Waals surface area contributed by atoms with E-state index in [1.54, 1.807) is 24.3 Å². The predicted octanol–water partition coefficient (Wildman–Crippen LogP) is 4.03. The van der Waals surface area contributed by atoms with Gasteiger partial charge < -0.3 is 20.3 Å². The van der Waals surface area contributed by atoms with Crippen molar-refractivity contribution in [2.45, 2.75) is 76.2 Å². The summed E-state index contributed by atoms with van der Waals surface area (Å²) in [5.41, 5.74) is 0.218. The summed E-state index contributed by atoms with van der Waals surface area (Å²) >= 11 is 0. The van der Waals surface area contributed by atoms with Gasteiger partial charge in [0.2, 0.25) is 11.8 Å². The first-order chi connectivity index (χ1) is 23.8. The quantitative estimate of drug-likeness (QED) is 0.195. The van der Waals surface area contributed by atoms with Gasteiger partial charge in [-0.25, -0.2) is 13.9 Å². The third-order valence-electron chi connectivity index (χ3n) is 9.37. The van der Waals surface area contributed by atoms with E-state index in [1.807, 2.05) is 30.4 Å². The number of anilines is 1. The standard InChI is InChI=1S/C35H45FN6O7S.3H2/c1-4-5-6-7-9-14-25-19-35(25,33(45)39-50(47,48)40(2)3)38-32(44)30-18-27(22-42(30)31(43)20-37-26-15-10-8-11-16-26)49-34(46)41-21-24-13-12-17-29(36)28(24)23-41;;;/h8-17,25,27,30,37H,4-7,18-23H2,1-3H3,(H,38,44)(H,39,45);3*1H/b14-9-;;;/t25-,27-,30+,35-;;;/m1.../s1. The van der Waals surface area contributed by atoms with Gasteiger partial charge in [-0.15, -0.1) is 0 Å². The van der Waals surface area contributed by atoms with Gasteiger partial charge in [0, 0.05) is 48.5 Å². The van der Waals surface area contributed by atoms with Crippen LogP contribution in [0.2, 0.25) is 0 Å². The summed E-state index contributed by atoms with van der Waals surface area (Å²) in [6.07, 6.45) is 6.08. The number of hydrogen-bond donors (Lipinski definition) is 3. The maximum atomic E-state index is 14.3. The Bertz CT molecular complexity index is 1740. The van der Waals surface area contributed by atoms with Crippen molar-refractivity contribution in [1.29, 1.82) is 0 Å². The van der Waals surface area contributed by atoms with Gasteiger partial charge in [0.15, 0.2) is 0 Å². The molecule has 5 rings (SSSR count). The molecular weight excluding hydrogens is 667 g/mol. The summed E-state index contributed by atoms with van der Waals surface area (Å²) in [4.78, 5) is 57.1. The second-order valence-corrected chi connectivity index (χ2v) is 15.1. The molecule has 276 valence electrons. The molecule has 2 aromatic carbocycles. The molecule has 2 heterocycles. The molecule has 3 aliphatic rings. The largest absolute Gasteiger partial charge is 0.444 e. The lowest BCUT2D eigenvalue weighted by Crippen LogP contribution is -2.57. The molecule has 50 heavy (non-hydrogen) atoms. The van der Waals surface area contributed by atoms with E-state index in [2.05, 4.69) is 22.3 Å². The molecule has 0 unspecified atom stereocenters. The summed E-state index contributed by atoms with van der Waals surface area (Å²) in [5.74, 6) is -2.88. The van der Waals surface area contributed by atoms with Crippen LogP contribution >= 0.6 is 0 Å². The highest BCUT2D eigenvalue weighted by Gasteiger charge is 2.61. The maximum Gasteiger partial charge on any atom is 0.410 e. The Morgan fingerprint density at radius 1 is 1.08 bits per heavy atom. The average Bonchev–Trinajstić information content (AvgIpc) is 3.38.